The Bertz CT molecular complexity index is 228. The highest BCUT2D eigenvalue weighted by Crippen LogP contribution is 2.34. The Morgan fingerprint density at radius 2 is 1.53 bits per heavy atom. The number of hydrogen-bond acceptors (Lipinski definition) is 1. The van der Waals surface area contributed by atoms with Crippen LogP contribution in [0.15, 0.2) is 0 Å². The molecule has 0 saturated carbocycles. The van der Waals surface area contributed by atoms with E-state index in [4.69, 9.17) is 23.6 Å². The molecule has 0 aromatic carbocycles. The Hall–Kier alpha value is 0.650. The summed E-state index contributed by atoms with van der Waals surface area (Å²) in [7, 11) is 5.66. The van der Waals surface area contributed by atoms with Crippen LogP contribution in [0.2, 0.25) is 0 Å². The maximum Gasteiger partial charge on any atom is 0.255 e. The lowest BCUT2D eigenvalue weighted by molar-refractivity contribution is -0.871. The van der Waals surface area contributed by atoms with Gasteiger partial charge in [-0.1, -0.05) is 0 Å². The van der Waals surface area contributed by atoms with Crippen LogP contribution in [0.1, 0.15) is 26.7 Å². The van der Waals surface area contributed by atoms with Gasteiger partial charge in [0.25, 0.3) is 5.92 Å². The topological polar surface area (TPSA) is 3.24 Å². The van der Waals surface area contributed by atoms with E-state index >= 15 is 0 Å². The van der Waals surface area contributed by atoms with Gasteiger partial charge in [-0.3, -0.25) is 0 Å². The van der Waals surface area contributed by atoms with Crippen molar-refractivity contribution in [2.24, 2.45) is 0 Å². The fourth-order valence-corrected chi connectivity index (χ4v) is 1.40. The third-order valence-electron chi connectivity index (χ3n) is 2.30. The molecule has 0 aliphatic heterocycles. The van der Waals surface area contributed by atoms with Crippen molar-refractivity contribution in [3.8, 4) is 0 Å². The second kappa shape index (κ2) is 6.71. The summed E-state index contributed by atoms with van der Waals surface area (Å²) in [6, 6.07) is 0. The molecule has 0 bridgehead atoms. The highest BCUT2D eigenvalue weighted by molar-refractivity contribution is 6.34. The van der Waals surface area contributed by atoms with Gasteiger partial charge in [-0.15, -0.1) is 3.94 Å². The van der Waals surface area contributed by atoms with Crippen LogP contribution in [0.5, 0.6) is 0 Å². The average molecular weight is 314 g/mol. The third kappa shape index (κ3) is 9.25. The molecule has 0 saturated heterocycles. The van der Waals surface area contributed by atoms with Gasteiger partial charge in [0.15, 0.2) is 0 Å². The van der Waals surface area contributed by atoms with Crippen LogP contribution < -0.4 is 12.4 Å². The van der Waals surface area contributed by atoms with Gasteiger partial charge in [-0.05, 0) is 37.4 Å². The zero-order valence-corrected chi connectivity index (χ0v) is 13.2. The lowest BCUT2D eigenvalue weighted by Crippen LogP contribution is -3.00. The predicted molar refractivity (Wildman–Crippen MR) is 64.7 cm³/mol. The Morgan fingerprint density at radius 3 is 1.82 bits per heavy atom. The third-order valence-corrected chi connectivity index (χ3v) is 3.21. The number of alkyl halides is 2. The van der Waals surface area contributed by atoms with Crippen molar-refractivity contribution in [1.29, 1.82) is 0 Å². The molecule has 0 aromatic heterocycles. The Balaban J connectivity index is 0. The lowest BCUT2D eigenvalue weighted by atomic mass is 9.95. The van der Waals surface area contributed by atoms with E-state index in [1.165, 1.54) is 0 Å². The summed E-state index contributed by atoms with van der Waals surface area (Å²) in [5, 5.41) is 0. The smallest absolute Gasteiger partial charge is 0.255 e. The highest BCUT2D eigenvalue weighted by Gasteiger charge is 2.40. The minimum atomic E-state index is -2.75. The molecule has 7 heteroatoms. The molecular weight excluding hydrogens is 292 g/mol. The molecule has 2 nitrogen and oxygen atoms in total. The van der Waals surface area contributed by atoms with E-state index in [1.807, 2.05) is 21.1 Å². The van der Waals surface area contributed by atoms with E-state index in [-0.39, 0.29) is 25.2 Å². The standard InChI is InChI=1S/C10H21Cl2F2N2.ClH/c1-9(2,15(11)12)8-10(13,14)6-7-16(3,4)5;/h6-8H2,1-5H3;1H/q+1;/p-1. The number of quaternary nitrogens is 1. The fourth-order valence-electron chi connectivity index (χ4n) is 1.28. The predicted octanol–water partition coefficient (Wildman–Crippen LogP) is 0.500. The van der Waals surface area contributed by atoms with Gasteiger partial charge in [-0.2, -0.15) is 0 Å². The van der Waals surface area contributed by atoms with E-state index in [9.17, 15) is 8.78 Å². The monoisotopic (exact) mass is 312 g/mol. The molecule has 0 unspecified atom stereocenters. The van der Waals surface area contributed by atoms with E-state index in [1.54, 1.807) is 13.8 Å². The summed E-state index contributed by atoms with van der Waals surface area (Å²) in [5.41, 5.74) is -0.933. The lowest BCUT2D eigenvalue weighted by Gasteiger charge is -2.33. The molecule has 0 fully saturated rings. The minimum Gasteiger partial charge on any atom is -1.00 e. The summed E-state index contributed by atoms with van der Waals surface area (Å²) in [6.07, 6.45) is -0.519. The van der Waals surface area contributed by atoms with Crippen molar-refractivity contribution < 1.29 is 25.7 Å². The van der Waals surface area contributed by atoms with Crippen LogP contribution in [0, 0.1) is 0 Å². The van der Waals surface area contributed by atoms with Gasteiger partial charge in [0, 0.05) is 6.42 Å². The van der Waals surface area contributed by atoms with Crippen LogP contribution in [0.3, 0.4) is 0 Å². The molecule has 0 aliphatic rings. The summed E-state index contributed by atoms with van der Waals surface area (Å²) in [6.45, 7) is 3.59. The van der Waals surface area contributed by atoms with Crippen molar-refractivity contribution in [3.63, 3.8) is 0 Å². The minimum absolute atomic E-state index is 0. The summed E-state index contributed by atoms with van der Waals surface area (Å²) >= 11 is 11.1. The zero-order valence-electron chi connectivity index (χ0n) is 10.9. The SMILES string of the molecule is CC(C)(CC(F)(F)CC[N+](C)(C)C)N(Cl)Cl.[Cl-]. The molecule has 0 aliphatic carbocycles. The molecule has 0 amide bonds. The molecule has 106 valence electrons. The number of halogens is 5. The Labute approximate surface area is 119 Å². The van der Waals surface area contributed by atoms with Crippen molar-refractivity contribution in [1.82, 2.24) is 3.94 Å². The van der Waals surface area contributed by atoms with Crippen LogP contribution >= 0.6 is 23.6 Å². The van der Waals surface area contributed by atoms with Crippen LogP contribution in [-0.4, -0.2) is 47.6 Å². The summed E-state index contributed by atoms with van der Waals surface area (Å²) in [4.78, 5) is 0. The molecule has 17 heavy (non-hydrogen) atoms. The number of rotatable bonds is 6. The number of nitrogens with zero attached hydrogens (tertiary/aromatic N) is 2. The first-order valence-electron chi connectivity index (χ1n) is 5.16. The van der Waals surface area contributed by atoms with Crippen molar-refractivity contribution in [2.75, 3.05) is 27.7 Å². The van der Waals surface area contributed by atoms with Gasteiger partial charge in [0.2, 0.25) is 0 Å². The first-order valence-corrected chi connectivity index (χ1v) is 5.83. The maximum atomic E-state index is 13.7. The van der Waals surface area contributed by atoms with Crippen molar-refractivity contribution in [2.45, 2.75) is 38.2 Å². The normalized spacial score (nSPS) is 13.8. The maximum absolute atomic E-state index is 13.7. The summed E-state index contributed by atoms with van der Waals surface area (Å²) in [5.74, 6) is -2.75. The van der Waals surface area contributed by atoms with Crippen LogP contribution in [0.4, 0.5) is 8.78 Å². The molecule has 0 N–H and O–H groups in total. The quantitative estimate of drug-likeness (QED) is 0.510. The average Bonchev–Trinajstić information content (AvgIpc) is 1.97. The van der Waals surface area contributed by atoms with E-state index < -0.39 is 11.5 Å². The van der Waals surface area contributed by atoms with E-state index in [0.717, 1.165) is 3.94 Å². The Morgan fingerprint density at radius 1 is 1.12 bits per heavy atom. The van der Waals surface area contributed by atoms with Gasteiger partial charge >= 0.3 is 0 Å². The van der Waals surface area contributed by atoms with Crippen molar-refractivity contribution in [3.05, 3.63) is 0 Å². The van der Waals surface area contributed by atoms with Crippen LogP contribution in [0.25, 0.3) is 0 Å². The molecule has 0 rings (SSSR count). The largest absolute Gasteiger partial charge is 1.00 e. The zero-order chi connectivity index (χ0) is 13.2. The second-order valence-electron chi connectivity index (χ2n) is 5.84. The van der Waals surface area contributed by atoms with Crippen molar-refractivity contribution >= 4 is 23.6 Å². The van der Waals surface area contributed by atoms with E-state index in [2.05, 4.69) is 0 Å². The van der Waals surface area contributed by atoms with Gasteiger partial charge in [-0.25, -0.2) is 8.78 Å². The Kier molecular flexibility index (Phi) is 7.89. The second-order valence-corrected chi connectivity index (χ2v) is 6.69. The first-order chi connectivity index (χ1) is 6.86. The molecule has 0 spiro atoms. The molecule has 0 heterocycles. The molecule has 0 aromatic rings. The fraction of sp³-hybridized carbons (Fsp3) is 1.00. The van der Waals surface area contributed by atoms with Gasteiger partial charge in [0.05, 0.1) is 39.6 Å². The van der Waals surface area contributed by atoms with E-state index in [0.29, 0.717) is 11.0 Å². The van der Waals surface area contributed by atoms with Gasteiger partial charge < -0.3 is 16.9 Å². The van der Waals surface area contributed by atoms with Crippen LogP contribution in [-0.2, 0) is 0 Å². The summed E-state index contributed by atoms with van der Waals surface area (Å²) < 4.78 is 28.6. The van der Waals surface area contributed by atoms with Gasteiger partial charge in [0.1, 0.15) is 0 Å². The number of hydrogen-bond donors (Lipinski definition) is 0. The molecular formula is C10H21Cl3F2N2. The highest BCUT2D eigenvalue weighted by atomic mass is 35.5. The molecule has 0 radical (unpaired) electrons. The first kappa shape index (κ1) is 20.0. The molecule has 0 atom stereocenters.